The van der Waals surface area contributed by atoms with Crippen molar-refractivity contribution in [2.24, 2.45) is 0 Å². The van der Waals surface area contributed by atoms with Gasteiger partial charge in [-0.15, -0.1) is 0 Å². The Morgan fingerprint density at radius 3 is 3.05 bits per heavy atom. The summed E-state index contributed by atoms with van der Waals surface area (Å²) in [5.41, 5.74) is 2.01. The minimum atomic E-state index is 0.131. The summed E-state index contributed by atoms with van der Waals surface area (Å²) in [6.07, 6.45) is 1.49. The first kappa shape index (κ1) is 13.7. The van der Waals surface area contributed by atoms with Gasteiger partial charge >= 0.3 is 0 Å². The van der Waals surface area contributed by atoms with Gasteiger partial charge in [0.05, 0.1) is 7.11 Å². The molecule has 0 spiro atoms. The Morgan fingerprint density at radius 2 is 2.33 bits per heavy atom. The zero-order valence-electron chi connectivity index (χ0n) is 12.3. The topological polar surface area (TPSA) is 63.2 Å². The van der Waals surface area contributed by atoms with E-state index in [0.717, 1.165) is 34.5 Å². The van der Waals surface area contributed by atoms with E-state index in [4.69, 9.17) is 4.74 Å². The van der Waals surface area contributed by atoms with E-state index >= 15 is 0 Å². The highest BCUT2D eigenvalue weighted by Gasteiger charge is 2.20. The SMILES string of the molecule is COc1cccc2c(C)cc(NCC3CCC(=O)N3)nc12. The number of benzene rings is 1. The number of methoxy groups -OCH3 is 1. The monoisotopic (exact) mass is 285 g/mol. The fraction of sp³-hybridized carbons (Fsp3) is 0.375. The number of carbonyl (C=O) groups excluding carboxylic acids is 1. The molecule has 1 atom stereocenters. The molecule has 1 fully saturated rings. The van der Waals surface area contributed by atoms with E-state index in [-0.39, 0.29) is 11.9 Å². The molecular weight excluding hydrogens is 266 g/mol. The van der Waals surface area contributed by atoms with E-state index in [1.54, 1.807) is 7.11 Å². The number of carbonyl (C=O) groups is 1. The van der Waals surface area contributed by atoms with Gasteiger partial charge in [-0.1, -0.05) is 12.1 Å². The second-order valence-corrected chi connectivity index (χ2v) is 5.36. The van der Waals surface area contributed by atoms with Crippen LogP contribution in [0.5, 0.6) is 5.75 Å². The standard InChI is InChI=1S/C16H19N3O2/c1-10-8-14(17-9-11-6-7-15(20)18-11)19-16-12(10)4-3-5-13(16)21-2/h3-5,8,11H,6-7,9H2,1-2H3,(H,17,19)(H,18,20). The molecule has 0 bridgehead atoms. The molecule has 3 rings (SSSR count). The molecule has 2 aromatic rings. The number of fused-ring (bicyclic) bond motifs is 1. The van der Waals surface area contributed by atoms with E-state index in [1.807, 2.05) is 24.3 Å². The maximum absolute atomic E-state index is 11.2. The summed E-state index contributed by atoms with van der Waals surface area (Å²) in [5.74, 6) is 1.71. The fourth-order valence-electron chi connectivity index (χ4n) is 2.70. The molecule has 1 aliphatic heterocycles. The molecule has 110 valence electrons. The highest BCUT2D eigenvalue weighted by Crippen LogP contribution is 2.27. The second kappa shape index (κ2) is 5.60. The van der Waals surface area contributed by atoms with Crippen molar-refractivity contribution in [3.05, 3.63) is 29.8 Å². The molecule has 2 N–H and O–H groups in total. The van der Waals surface area contributed by atoms with Gasteiger partial charge in [-0.05, 0) is 31.0 Å². The third-order valence-electron chi connectivity index (χ3n) is 3.84. The number of aryl methyl sites for hydroxylation is 1. The summed E-state index contributed by atoms with van der Waals surface area (Å²) in [7, 11) is 1.65. The lowest BCUT2D eigenvalue weighted by molar-refractivity contribution is -0.119. The van der Waals surface area contributed by atoms with Crippen LogP contribution in [-0.4, -0.2) is 30.6 Å². The first-order valence-electron chi connectivity index (χ1n) is 7.15. The van der Waals surface area contributed by atoms with Crippen molar-refractivity contribution in [2.75, 3.05) is 19.0 Å². The van der Waals surface area contributed by atoms with Gasteiger partial charge in [0.15, 0.2) is 0 Å². The predicted octanol–water partition coefficient (Wildman–Crippen LogP) is 2.24. The quantitative estimate of drug-likeness (QED) is 0.904. The third-order valence-corrected chi connectivity index (χ3v) is 3.84. The smallest absolute Gasteiger partial charge is 0.220 e. The molecule has 5 nitrogen and oxygen atoms in total. The Morgan fingerprint density at radius 1 is 1.48 bits per heavy atom. The van der Waals surface area contributed by atoms with Gasteiger partial charge in [0.2, 0.25) is 5.91 Å². The van der Waals surface area contributed by atoms with Gasteiger partial charge in [-0.3, -0.25) is 4.79 Å². The Labute approximate surface area is 123 Å². The number of para-hydroxylation sites is 1. The van der Waals surface area contributed by atoms with Crippen molar-refractivity contribution >= 4 is 22.6 Å². The van der Waals surface area contributed by atoms with Crippen molar-refractivity contribution in [2.45, 2.75) is 25.8 Å². The maximum Gasteiger partial charge on any atom is 0.220 e. The lowest BCUT2D eigenvalue weighted by Crippen LogP contribution is -2.32. The number of hydrogen-bond donors (Lipinski definition) is 2. The lowest BCUT2D eigenvalue weighted by atomic mass is 10.1. The minimum Gasteiger partial charge on any atom is -0.494 e. The van der Waals surface area contributed by atoms with Crippen molar-refractivity contribution in [3.63, 3.8) is 0 Å². The van der Waals surface area contributed by atoms with Gasteiger partial charge in [-0.25, -0.2) is 4.98 Å². The number of amides is 1. The highest BCUT2D eigenvalue weighted by atomic mass is 16.5. The van der Waals surface area contributed by atoms with Crippen LogP contribution in [0.3, 0.4) is 0 Å². The molecule has 0 saturated carbocycles. The molecule has 1 unspecified atom stereocenters. The average molecular weight is 285 g/mol. The molecule has 1 aliphatic rings. The average Bonchev–Trinajstić information content (AvgIpc) is 2.90. The Balaban J connectivity index is 1.84. The van der Waals surface area contributed by atoms with E-state index in [1.165, 1.54) is 0 Å². The zero-order valence-corrected chi connectivity index (χ0v) is 12.3. The Kier molecular flexibility index (Phi) is 3.64. The molecule has 1 aromatic heterocycles. The summed E-state index contributed by atoms with van der Waals surface area (Å²) in [6, 6.07) is 8.14. The number of nitrogens with zero attached hydrogens (tertiary/aromatic N) is 1. The first-order valence-corrected chi connectivity index (χ1v) is 7.15. The van der Waals surface area contributed by atoms with Crippen molar-refractivity contribution in [1.82, 2.24) is 10.3 Å². The molecule has 1 saturated heterocycles. The molecule has 2 heterocycles. The van der Waals surface area contributed by atoms with Crippen LogP contribution < -0.4 is 15.4 Å². The molecule has 0 radical (unpaired) electrons. The summed E-state index contributed by atoms with van der Waals surface area (Å²) < 4.78 is 5.38. The van der Waals surface area contributed by atoms with E-state index < -0.39 is 0 Å². The molecule has 21 heavy (non-hydrogen) atoms. The van der Waals surface area contributed by atoms with Crippen molar-refractivity contribution in [1.29, 1.82) is 0 Å². The van der Waals surface area contributed by atoms with Crippen molar-refractivity contribution in [3.8, 4) is 5.75 Å². The molecular formula is C16H19N3O2. The van der Waals surface area contributed by atoms with Crippen molar-refractivity contribution < 1.29 is 9.53 Å². The number of pyridine rings is 1. The fourth-order valence-corrected chi connectivity index (χ4v) is 2.70. The normalized spacial score (nSPS) is 17.8. The number of ether oxygens (including phenoxy) is 1. The van der Waals surface area contributed by atoms with E-state index in [2.05, 4.69) is 22.5 Å². The predicted molar refractivity (Wildman–Crippen MR) is 82.7 cm³/mol. The number of aromatic nitrogens is 1. The van der Waals surface area contributed by atoms with Gasteiger partial charge in [-0.2, -0.15) is 0 Å². The maximum atomic E-state index is 11.2. The van der Waals surface area contributed by atoms with Crippen LogP contribution in [-0.2, 0) is 4.79 Å². The van der Waals surface area contributed by atoms with E-state index in [9.17, 15) is 4.79 Å². The molecule has 1 amide bonds. The summed E-state index contributed by atoms with van der Waals surface area (Å²) in [5, 5.41) is 7.35. The molecule has 1 aromatic carbocycles. The first-order chi connectivity index (χ1) is 10.2. The molecule has 0 aliphatic carbocycles. The number of hydrogen-bond acceptors (Lipinski definition) is 4. The summed E-state index contributed by atoms with van der Waals surface area (Å²) in [4.78, 5) is 15.8. The van der Waals surface area contributed by atoms with Gasteiger partial charge < -0.3 is 15.4 Å². The van der Waals surface area contributed by atoms with Gasteiger partial charge in [0, 0.05) is 24.4 Å². The third kappa shape index (κ3) is 2.77. The summed E-state index contributed by atoms with van der Waals surface area (Å²) >= 11 is 0. The molecule has 5 heteroatoms. The Bertz CT molecular complexity index is 685. The lowest BCUT2D eigenvalue weighted by Gasteiger charge is -2.14. The zero-order chi connectivity index (χ0) is 14.8. The highest BCUT2D eigenvalue weighted by molar-refractivity contribution is 5.88. The number of anilines is 1. The van der Waals surface area contributed by atoms with Crippen LogP contribution in [0.2, 0.25) is 0 Å². The number of nitrogens with one attached hydrogen (secondary N) is 2. The van der Waals surface area contributed by atoms with Crippen LogP contribution in [0.4, 0.5) is 5.82 Å². The minimum absolute atomic E-state index is 0.131. The largest absolute Gasteiger partial charge is 0.494 e. The van der Waals surface area contributed by atoms with Crippen LogP contribution in [0.25, 0.3) is 10.9 Å². The van der Waals surface area contributed by atoms with Crippen LogP contribution in [0, 0.1) is 6.92 Å². The van der Waals surface area contributed by atoms with Crippen LogP contribution >= 0.6 is 0 Å². The van der Waals surface area contributed by atoms with E-state index in [0.29, 0.717) is 13.0 Å². The Hall–Kier alpha value is -2.30. The number of rotatable bonds is 4. The van der Waals surface area contributed by atoms with Crippen LogP contribution in [0.15, 0.2) is 24.3 Å². The summed E-state index contributed by atoms with van der Waals surface area (Å²) in [6.45, 7) is 2.75. The van der Waals surface area contributed by atoms with Gasteiger partial charge in [0.25, 0.3) is 0 Å². The second-order valence-electron chi connectivity index (χ2n) is 5.36. The van der Waals surface area contributed by atoms with Crippen LogP contribution in [0.1, 0.15) is 18.4 Å². The van der Waals surface area contributed by atoms with Gasteiger partial charge in [0.1, 0.15) is 17.1 Å².